The summed E-state index contributed by atoms with van der Waals surface area (Å²) >= 11 is 0. The zero-order valence-corrected chi connectivity index (χ0v) is 38.6. The Hall–Kier alpha value is -1.86. The van der Waals surface area contributed by atoms with Gasteiger partial charge in [-0.15, -0.1) is 0 Å². The number of allylic oxidation sites excluding steroid dienone is 8. The summed E-state index contributed by atoms with van der Waals surface area (Å²) in [6.45, 7) is 19.7. The lowest BCUT2D eigenvalue weighted by molar-refractivity contribution is -0.312. The maximum Gasteiger partial charge on any atom is 0.178 e. The molecule has 2 saturated heterocycles. The van der Waals surface area contributed by atoms with Gasteiger partial charge in [-0.25, -0.2) is 0 Å². The number of rotatable bonds is 6. The first-order chi connectivity index (χ1) is 28.4. The second-order valence-electron chi connectivity index (χ2n) is 23.8. The predicted molar refractivity (Wildman–Crippen MR) is 237 cm³/mol. The summed E-state index contributed by atoms with van der Waals surface area (Å²) in [6.07, 6.45) is 30.1. The highest BCUT2D eigenvalue weighted by Crippen LogP contribution is 2.71. The minimum Gasteiger partial charge on any atom is -0.365 e. The minimum atomic E-state index is -0.938. The third-order valence-corrected chi connectivity index (χ3v) is 20.7. The van der Waals surface area contributed by atoms with Gasteiger partial charge in [-0.1, -0.05) is 78.7 Å². The molecule has 8 aliphatic carbocycles. The van der Waals surface area contributed by atoms with Crippen LogP contribution in [0, 0.1) is 92.7 Å². The zero-order chi connectivity index (χ0) is 42.6. The summed E-state index contributed by atoms with van der Waals surface area (Å²) < 4.78 is 12.8. The Bertz CT molecular complexity index is 1690. The number of ether oxygens (including phenoxy) is 2. The van der Waals surface area contributed by atoms with Crippen LogP contribution in [0.2, 0.25) is 0 Å². The Balaban J connectivity index is 0.000000154. The van der Waals surface area contributed by atoms with E-state index < -0.39 is 11.6 Å². The van der Waals surface area contributed by atoms with Crippen LogP contribution < -0.4 is 0 Å². The molecule has 2 aliphatic heterocycles. The lowest BCUT2D eigenvalue weighted by atomic mass is 9.46. The average molecular weight is 825 g/mol. The van der Waals surface area contributed by atoms with E-state index in [1.54, 1.807) is 0 Å². The van der Waals surface area contributed by atoms with Crippen molar-refractivity contribution < 1.29 is 29.3 Å². The van der Waals surface area contributed by atoms with E-state index in [4.69, 9.17) is 9.47 Å². The monoisotopic (exact) mass is 825 g/mol. The highest BCUT2D eigenvalue weighted by molar-refractivity contribution is 6.01. The molecular formula is C54H80O6. The molecule has 10 aliphatic rings. The summed E-state index contributed by atoms with van der Waals surface area (Å²) in [4.78, 5) is 24.0. The van der Waals surface area contributed by atoms with Crippen LogP contribution in [-0.2, 0) is 19.1 Å². The second-order valence-corrected chi connectivity index (χ2v) is 23.8. The van der Waals surface area contributed by atoms with Crippen LogP contribution in [-0.4, -0.2) is 46.6 Å². The van der Waals surface area contributed by atoms with Crippen LogP contribution in [0.1, 0.15) is 158 Å². The molecule has 332 valence electrons. The number of aliphatic hydroxyl groups is 2. The van der Waals surface area contributed by atoms with Gasteiger partial charge in [0, 0.05) is 46.3 Å². The lowest BCUT2D eigenvalue weighted by Gasteiger charge is -2.61. The molecule has 2 heterocycles. The van der Waals surface area contributed by atoms with Crippen LogP contribution in [0.25, 0.3) is 0 Å². The zero-order valence-electron chi connectivity index (χ0n) is 38.6. The first kappa shape index (κ1) is 43.4. The van der Waals surface area contributed by atoms with Crippen LogP contribution in [0.15, 0.2) is 47.6 Å². The minimum absolute atomic E-state index is 0.0651. The van der Waals surface area contributed by atoms with Gasteiger partial charge in [-0.2, -0.15) is 0 Å². The van der Waals surface area contributed by atoms with Crippen molar-refractivity contribution in [2.75, 3.05) is 13.2 Å². The van der Waals surface area contributed by atoms with Crippen LogP contribution in [0.5, 0.6) is 0 Å². The predicted octanol–water partition coefficient (Wildman–Crippen LogP) is 11.4. The van der Waals surface area contributed by atoms with E-state index in [2.05, 4.69) is 67.5 Å². The molecule has 8 fully saturated rings. The highest BCUT2D eigenvalue weighted by Gasteiger charge is 2.67. The number of carbonyl (C=O) groups excluding carboxylic acids is 2. The first-order valence-corrected chi connectivity index (χ1v) is 25.0. The molecule has 6 nitrogen and oxygen atoms in total. The quantitative estimate of drug-likeness (QED) is 0.277. The molecule has 0 radical (unpaired) electrons. The molecule has 6 heteroatoms. The van der Waals surface area contributed by atoms with Crippen molar-refractivity contribution in [1.29, 1.82) is 0 Å². The highest BCUT2D eigenvalue weighted by atomic mass is 16.6. The van der Waals surface area contributed by atoms with Gasteiger partial charge in [0.1, 0.15) is 0 Å². The van der Waals surface area contributed by atoms with Crippen LogP contribution in [0.4, 0.5) is 0 Å². The third-order valence-electron chi connectivity index (χ3n) is 20.7. The van der Waals surface area contributed by atoms with Gasteiger partial charge in [0.05, 0.1) is 13.2 Å². The summed E-state index contributed by atoms with van der Waals surface area (Å²) in [5.41, 5.74) is 3.40. The maximum atomic E-state index is 12.0. The van der Waals surface area contributed by atoms with Crippen LogP contribution >= 0.6 is 0 Å². The molecule has 0 unspecified atom stereocenters. The number of fused-ring (bicyclic) bond motifs is 8. The maximum absolute atomic E-state index is 12.0. The van der Waals surface area contributed by atoms with E-state index in [-0.39, 0.29) is 45.1 Å². The number of ketones is 2. The van der Waals surface area contributed by atoms with Gasteiger partial charge in [-0.05, 0) is 173 Å². The molecule has 0 amide bonds. The molecule has 10 rings (SSSR count). The van der Waals surface area contributed by atoms with Crippen molar-refractivity contribution >= 4 is 11.6 Å². The van der Waals surface area contributed by atoms with Crippen molar-refractivity contribution in [3.8, 4) is 0 Å². The normalized spacial score (nSPS) is 49.9. The molecule has 0 bridgehead atoms. The van der Waals surface area contributed by atoms with E-state index in [0.29, 0.717) is 47.3 Å². The first-order valence-electron chi connectivity index (χ1n) is 25.0. The Morgan fingerprint density at radius 1 is 0.583 bits per heavy atom. The summed E-state index contributed by atoms with van der Waals surface area (Å²) in [7, 11) is 0. The largest absolute Gasteiger partial charge is 0.365 e. The fourth-order valence-electron chi connectivity index (χ4n) is 17.2. The molecule has 0 aromatic carbocycles. The fourth-order valence-corrected chi connectivity index (χ4v) is 17.2. The molecule has 16 atom stereocenters. The topological polar surface area (TPSA) is 93.1 Å². The molecule has 0 aromatic rings. The number of carbonyl (C=O) groups is 2. The molecule has 0 aromatic heterocycles. The van der Waals surface area contributed by atoms with Gasteiger partial charge < -0.3 is 19.7 Å². The molecule has 2 spiro atoms. The van der Waals surface area contributed by atoms with Crippen LogP contribution in [0.3, 0.4) is 0 Å². The average Bonchev–Trinajstić information content (AvgIpc) is 3.81. The second kappa shape index (κ2) is 15.4. The van der Waals surface area contributed by atoms with Gasteiger partial charge in [-0.3, -0.25) is 9.59 Å². The molecular weight excluding hydrogens is 745 g/mol. The van der Waals surface area contributed by atoms with Crippen molar-refractivity contribution in [3.63, 3.8) is 0 Å². The SMILES string of the molecule is CC(C)CC[C@@]1(O)OC[C@]23CC[C@H]4[C@@H](CCC5=CC(=O)C=C[C@@]54C)[C@@H]2CC[C@@H]3[C@@H]1C.CC(C)CC[C@@]1(O)OC[C@]23CC[C@H]4[C@@H](CCC5=CC(=O)C=C[C@@]54C)[C@@H]2CC[C@@H]3[C@@H]1C. The summed E-state index contributed by atoms with van der Waals surface area (Å²) in [5.74, 6) is 5.41. The molecule has 60 heavy (non-hydrogen) atoms. The fraction of sp³-hybridized carbons (Fsp3) is 0.815. The van der Waals surface area contributed by atoms with Gasteiger partial charge in [0.2, 0.25) is 0 Å². The van der Waals surface area contributed by atoms with E-state index in [9.17, 15) is 19.8 Å². The van der Waals surface area contributed by atoms with Crippen molar-refractivity contribution in [2.45, 2.75) is 170 Å². The van der Waals surface area contributed by atoms with E-state index >= 15 is 0 Å². The van der Waals surface area contributed by atoms with Crippen molar-refractivity contribution in [3.05, 3.63) is 47.6 Å². The van der Waals surface area contributed by atoms with Gasteiger partial charge in [0.25, 0.3) is 0 Å². The molecule has 2 N–H and O–H groups in total. The Morgan fingerprint density at radius 3 is 1.35 bits per heavy atom. The number of hydrogen-bond donors (Lipinski definition) is 2. The Morgan fingerprint density at radius 2 is 0.967 bits per heavy atom. The summed E-state index contributed by atoms with van der Waals surface area (Å²) in [5, 5.41) is 22.8. The van der Waals surface area contributed by atoms with Gasteiger partial charge in [0.15, 0.2) is 23.1 Å². The lowest BCUT2D eigenvalue weighted by Crippen LogP contribution is -2.59. The van der Waals surface area contributed by atoms with Gasteiger partial charge >= 0.3 is 0 Å². The standard InChI is InChI=1S/2C27H40O3/c2*1-17(2)9-14-27(29)18(3)22-7-8-24-21-6-5-19-15-20(28)10-12-25(19,4)23(21)11-13-26(22,24)16-30-27/h2*10,12,15,17-18,21-24,29H,5-9,11,13-14,16H2,1-4H3/t2*18-,21+,22+,23-,24-,25-,26-,27+/m00/s1. The van der Waals surface area contributed by atoms with Crippen molar-refractivity contribution in [1.82, 2.24) is 0 Å². The Kier molecular flexibility index (Phi) is 11.1. The smallest absolute Gasteiger partial charge is 0.178 e. The van der Waals surface area contributed by atoms with Crippen molar-refractivity contribution in [2.24, 2.45) is 92.7 Å². The molecule has 6 saturated carbocycles. The van der Waals surface area contributed by atoms with E-state index in [1.165, 1.54) is 75.4 Å². The summed E-state index contributed by atoms with van der Waals surface area (Å²) in [6, 6.07) is 0. The third kappa shape index (κ3) is 6.66. The van der Waals surface area contributed by atoms with E-state index in [0.717, 1.165) is 63.6 Å². The Labute approximate surface area is 362 Å². The number of hydrogen-bond acceptors (Lipinski definition) is 6. The van der Waals surface area contributed by atoms with E-state index in [1.807, 2.05) is 24.3 Å².